The van der Waals surface area contributed by atoms with Gasteiger partial charge >= 0.3 is 5.97 Å². The van der Waals surface area contributed by atoms with Crippen LogP contribution in [0.5, 0.6) is 0 Å². The molecule has 0 atom stereocenters. The minimum absolute atomic E-state index is 0.298. The van der Waals surface area contributed by atoms with Crippen LogP contribution in [0.2, 0.25) is 0 Å². The van der Waals surface area contributed by atoms with Gasteiger partial charge < -0.3 is 24.3 Å². The third-order valence-electron chi connectivity index (χ3n) is 5.80. The van der Waals surface area contributed by atoms with Gasteiger partial charge in [0.2, 0.25) is 5.91 Å². The summed E-state index contributed by atoms with van der Waals surface area (Å²) in [6.07, 6.45) is 0.340. The number of benzene rings is 2. The van der Waals surface area contributed by atoms with Crippen molar-refractivity contribution in [1.29, 1.82) is 0 Å². The van der Waals surface area contributed by atoms with Crippen molar-refractivity contribution in [2.45, 2.75) is 19.4 Å². The molecule has 1 aromatic heterocycles. The fraction of sp³-hybridized carbons (Fsp3) is 0.346. The summed E-state index contributed by atoms with van der Waals surface area (Å²) in [5, 5.41) is 4.81. The minimum atomic E-state index is -0.567. The second kappa shape index (κ2) is 12.5. The molecule has 2 heterocycles. The molecule has 0 saturated carbocycles. The lowest BCUT2D eigenvalue weighted by molar-refractivity contribution is -0.143. The average Bonchev–Trinajstić information content (AvgIpc) is 3.30. The molecule has 0 spiro atoms. The second-order valence-corrected chi connectivity index (χ2v) is 9.08. The summed E-state index contributed by atoms with van der Waals surface area (Å²) in [5.41, 5.74) is 3.88. The Morgan fingerprint density at radius 2 is 1.83 bits per heavy atom. The number of nitrogens with zero attached hydrogens (tertiary/aromatic N) is 3. The third-order valence-corrected chi connectivity index (χ3v) is 6.67. The van der Waals surface area contributed by atoms with Gasteiger partial charge in [-0.1, -0.05) is 12.1 Å². The van der Waals surface area contributed by atoms with E-state index in [4.69, 9.17) is 9.73 Å². The molecule has 1 N–H and O–H groups in total. The average molecular weight is 513 g/mol. The van der Waals surface area contributed by atoms with Crippen molar-refractivity contribution >= 4 is 34.6 Å². The van der Waals surface area contributed by atoms with Gasteiger partial charge in [-0.2, -0.15) is 0 Å². The predicted molar refractivity (Wildman–Crippen MR) is 137 cm³/mol. The normalized spacial score (nSPS) is 14.1. The van der Waals surface area contributed by atoms with Crippen LogP contribution in [-0.4, -0.2) is 56.4 Å². The monoisotopic (exact) mass is 512 g/mol. The molecule has 8 nitrogen and oxygen atoms in total. The lowest BCUT2D eigenvalue weighted by atomic mass is 10.1. The second-order valence-electron chi connectivity index (χ2n) is 8.25. The molecular weight excluding hydrogens is 483 g/mol. The van der Waals surface area contributed by atoms with E-state index in [0.29, 0.717) is 25.2 Å². The van der Waals surface area contributed by atoms with E-state index in [0.717, 1.165) is 48.0 Å². The van der Waals surface area contributed by atoms with Crippen LogP contribution in [0.1, 0.15) is 12.8 Å². The Kier molecular flexibility index (Phi) is 8.85. The Morgan fingerprint density at radius 3 is 2.53 bits per heavy atom. The number of aromatic nitrogens is 1. The number of thiazole rings is 1. The number of carbonyl (C=O) groups excluding carboxylic acids is 2. The van der Waals surface area contributed by atoms with Gasteiger partial charge in [0.25, 0.3) is 0 Å². The van der Waals surface area contributed by atoms with Gasteiger partial charge in [0.1, 0.15) is 12.2 Å². The van der Waals surface area contributed by atoms with Crippen LogP contribution in [0.3, 0.4) is 0 Å². The number of rotatable bonds is 9. The van der Waals surface area contributed by atoms with Crippen LogP contribution in [-0.2, 0) is 25.6 Å². The number of methoxy groups -OCH3 is 1. The van der Waals surface area contributed by atoms with E-state index in [-0.39, 0.29) is 18.1 Å². The molecule has 36 heavy (non-hydrogen) atoms. The van der Waals surface area contributed by atoms with Crippen LogP contribution >= 0.6 is 11.3 Å². The first-order valence-electron chi connectivity index (χ1n) is 11.8. The van der Waals surface area contributed by atoms with E-state index < -0.39 is 5.97 Å². The van der Waals surface area contributed by atoms with E-state index in [1.165, 1.54) is 30.6 Å². The highest BCUT2D eigenvalue weighted by Gasteiger charge is 2.13. The Balaban J connectivity index is 1.54. The zero-order valence-corrected chi connectivity index (χ0v) is 20.9. The molecule has 10 heteroatoms. The SMILES string of the molecule is COC(=O)CC(=O)NCCCn1c(-c2ccc(N3CCOCC3)cc2)csc1=Nc1ccc(F)cc1. The number of hydrogen-bond donors (Lipinski definition) is 1. The highest BCUT2D eigenvalue weighted by molar-refractivity contribution is 7.07. The molecule has 0 aliphatic carbocycles. The quantitative estimate of drug-likeness (QED) is 0.270. The van der Waals surface area contributed by atoms with Gasteiger partial charge in [-0.25, -0.2) is 9.38 Å². The molecule has 1 saturated heterocycles. The summed E-state index contributed by atoms with van der Waals surface area (Å²) < 4.78 is 25.4. The van der Waals surface area contributed by atoms with Crippen LogP contribution in [0, 0.1) is 5.82 Å². The van der Waals surface area contributed by atoms with Gasteiger partial charge in [0.15, 0.2) is 4.80 Å². The number of hydrogen-bond acceptors (Lipinski definition) is 7. The van der Waals surface area contributed by atoms with Gasteiger partial charge in [-0.15, -0.1) is 11.3 Å². The number of carbonyl (C=O) groups is 2. The lowest BCUT2D eigenvalue weighted by Crippen LogP contribution is -2.36. The van der Waals surface area contributed by atoms with E-state index in [1.54, 1.807) is 12.1 Å². The molecule has 2 aromatic carbocycles. The Hall–Kier alpha value is -3.50. The van der Waals surface area contributed by atoms with Crippen molar-refractivity contribution < 1.29 is 23.5 Å². The smallest absolute Gasteiger partial charge is 0.315 e. The summed E-state index contributed by atoms with van der Waals surface area (Å²) in [7, 11) is 1.25. The molecule has 4 rings (SSSR count). The number of esters is 1. The standard InChI is InChI=1S/C26H29FN4O4S/c1-34-25(33)17-24(32)28-11-2-12-31-23(18-36-26(31)29-21-7-5-20(27)6-8-21)19-3-9-22(10-4-19)30-13-15-35-16-14-30/h3-10,18H,2,11-17H2,1H3,(H,28,32). The number of amides is 1. The van der Waals surface area contributed by atoms with Crippen molar-refractivity contribution in [2.75, 3.05) is 44.9 Å². The van der Waals surface area contributed by atoms with Crippen molar-refractivity contribution in [1.82, 2.24) is 9.88 Å². The van der Waals surface area contributed by atoms with E-state index in [9.17, 15) is 14.0 Å². The fourth-order valence-corrected chi connectivity index (χ4v) is 4.84. The number of ether oxygens (including phenoxy) is 2. The zero-order valence-electron chi connectivity index (χ0n) is 20.1. The van der Waals surface area contributed by atoms with E-state index >= 15 is 0 Å². The molecule has 190 valence electrons. The molecule has 1 amide bonds. The molecule has 0 unspecified atom stereocenters. The van der Waals surface area contributed by atoms with Crippen molar-refractivity contribution in [3.63, 3.8) is 0 Å². The van der Waals surface area contributed by atoms with Gasteiger partial charge in [0.05, 0.1) is 31.7 Å². The maximum Gasteiger partial charge on any atom is 0.315 e. The van der Waals surface area contributed by atoms with Crippen LogP contribution in [0.25, 0.3) is 11.3 Å². The Bertz CT molecular complexity index is 1230. The number of halogens is 1. The van der Waals surface area contributed by atoms with Crippen molar-refractivity contribution in [2.24, 2.45) is 4.99 Å². The van der Waals surface area contributed by atoms with E-state index in [1.807, 2.05) is 0 Å². The largest absolute Gasteiger partial charge is 0.469 e. The number of anilines is 1. The molecule has 0 bridgehead atoms. The van der Waals surface area contributed by atoms with Gasteiger partial charge in [-0.3, -0.25) is 9.59 Å². The maximum absolute atomic E-state index is 13.4. The molecule has 3 aromatic rings. The summed E-state index contributed by atoms with van der Waals surface area (Å²) >= 11 is 1.51. The van der Waals surface area contributed by atoms with Gasteiger partial charge in [0, 0.05) is 37.2 Å². The zero-order chi connectivity index (χ0) is 25.3. The topological polar surface area (TPSA) is 85.2 Å². The minimum Gasteiger partial charge on any atom is -0.469 e. The van der Waals surface area contributed by atoms with Crippen molar-refractivity contribution in [3.8, 4) is 11.3 Å². The summed E-state index contributed by atoms with van der Waals surface area (Å²) in [6, 6.07) is 14.5. The molecule has 1 fully saturated rings. The fourth-order valence-electron chi connectivity index (χ4n) is 3.89. The molecule has 1 aliphatic rings. The molecule has 0 radical (unpaired) electrons. The Morgan fingerprint density at radius 1 is 1.11 bits per heavy atom. The number of morpholine rings is 1. The predicted octanol–water partition coefficient (Wildman–Crippen LogP) is 3.49. The lowest BCUT2D eigenvalue weighted by Gasteiger charge is -2.28. The van der Waals surface area contributed by atoms with Gasteiger partial charge in [-0.05, 0) is 48.4 Å². The highest BCUT2D eigenvalue weighted by atomic mass is 32.1. The van der Waals surface area contributed by atoms with Crippen LogP contribution < -0.4 is 15.0 Å². The maximum atomic E-state index is 13.4. The van der Waals surface area contributed by atoms with Crippen LogP contribution in [0.4, 0.5) is 15.8 Å². The van der Waals surface area contributed by atoms with Crippen LogP contribution in [0.15, 0.2) is 58.9 Å². The first kappa shape index (κ1) is 25.6. The number of nitrogens with one attached hydrogen (secondary N) is 1. The first-order chi connectivity index (χ1) is 17.5. The summed E-state index contributed by atoms with van der Waals surface area (Å²) in [6.45, 7) is 4.22. The first-order valence-corrected chi connectivity index (χ1v) is 12.7. The highest BCUT2D eigenvalue weighted by Crippen LogP contribution is 2.25. The molecular formula is C26H29FN4O4S. The van der Waals surface area contributed by atoms with E-state index in [2.05, 4.69) is 49.2 Å². The molecule has 1 aliphatic heterocycles. The Labute approximate surface area is 213 Å². The van der Waals surface area contributed by atoms with Crippen molar-refractivity contribution in [3.05, 3.63) is 64.5 Å². The summed E-state index contributed by atoms with van der Waals surface area (Å²) in [5.74, 6) is -1.24. The summed E-state index contributed by atoms with van der Waals surface area (Å²) in [4.78, 5) is 31.0. The third kappa shape index (κ3) is 6.79.